The van der Waals surface area contributed by atoms with Gasteiger partial charge in [0, 0.05) is 23.8 Å². The van der Waals surface area contributed by atoms with Gasteiger partial charge in [-0.25, -0.2) is 0 Å². The topological polar surface area (TPSA) is 70.2 Å². The molecular formula is C27H29N5. The zero-order valence-corrected chi connectivity index (χ0v) is 18.6. The summed E-state index contributed by atoms with van der Waals surface area (Å²) in [6.45, 7) is 6.38. The Hall–Kier alpha value is -3.47. The van der Waals surface area contributed by atoms with Crippen LogP contribution in [-0.4, -0.2) is 25.1 Å². The average Bonchev–Trinajstić information content (AvgIpc) is 3.43. The summed E-state index contributed by atoms with van der Waals surface area (Å²) in [6.07, 6.45) is 17.8. The van der Waals surface area contributed by atoms with Crippen LogP contribution in [0.1, 0.15) is 50.2 Å². The molecule has 4 heterocycles. The first-order valence-electron chi connectivity index (χ1n) is 11.5. The molecular weight excluding hydrogens is 394 g/mol. The predicted molar refractivity (Wildman–Crippen MR) is 131 cm³/mol. The maximum absolute atomic E-state index is 4.59. The van der Waals surface area contributed by atoms with Crippen LogP contribution < -0.4 is 10.6 Å². The highest BCUT2D eigenvalue weighted by molar-refractivity contribution is 5.89. The molecule has 0 bridgehead atoms. The summed E-state index contributed by atoms with van der Waals surface area (Å²) in [5.74, 6) is 0.787. The van der Waals surface area contributed by atoms with Gasteiger partial charge in [0.15, 0.2) is 0 Å². The third kappa shape index (κ3) is 4.15. The van der Waals surface area contributed by atoms with E-state index in [0.717, 1.165) is 56.5 Å². The van der Waals surface area contributed by atoms with Gasteiger partial charge in [0.1, 0.15) is 5.69 Å². The zero-order valence-electron chi connectivity index (χ0n) is 18.6. The highest BCUT2D eigenvalue weighted by atomic mass is 15.1. The fourth-order valence-corrected chi connectivity index (χ4v) is 4.78. The third-order valence-electron chi connectivity index (χ3n) is 6.50. The van der Waals surface area contributed by atoms with Gasteiger partial charge in [0.05, 0.1) is 22.1 Å². The van der Waals surface area contributed by atoms with Gasteiger partial charge in [-0.1, -0.05) is 44.8 Å². The predicted octanol–water partition coefficient (Wildman–Crippen LogP) is 4.77. The molecule has 0 aromatic carbocycles. The average molecular weight is 424 g/mol. The first-order valence-corrected chi connectivity index (χ1v) is 11.5. The molecule has 5 nitrogen and oxygen atoms in total. The van der Waals surface area contributed by atoms with Crippen molar-refractivity contribution in [1.29, 1.82) is 0 Å². The molecule has 0 amide bonds. The van der Waals surface area contributed by atoms with Gasteiger partial charge in [-0.3, -0.25) is 15.1 Å². The second kappa shape index (κ2) is 8.95. The van der Waals surface area contributed by atoms with E-state index in [4.69, 9.17) is 0 Å². The van der Waals surface area contributed by atoms with E-state index in [1.807, 2.05) is 43.6 Å². The molecule has 0 saturated heterocycles. The van der Waals surface area contributed by atoms with Crippen LogP contribution in [0.2, 0.25) is 0 Å². The molecule has 5 rings (SSSR count). The van der Waals surface area contributed by atoms with Gasteiger partial charge < -0.3 is 4.98 Å². The third-order valence-corrected chi connectivity index (χ3v) is 6.50. The molecule has 0 unspecified atom stereocenters. The molecule has 4 aromatic heterocycles. The number of H-pyrrole nitrogens is 2. The molecule has 1 aliphatic rings. The van der Waals surface area contributed by atoms with E-state index in [1.165, 1.54) is 37.7 Å². The van der Waals surface area contributed by atoms with Crippen molar-refractivity contribution in [1.82, 2.24) is 25.1 Å². The summed E-state index contributed by atoms with van der Waals surface area (Å²) < 4.78 is 0. The van der Waals surface area contributed by atoms with Gasteiger partial charge in [0.25, 0.3) is 0 Å². The SMILES string of the molecule is C=C(/C=c1/c(-c2cc3ncccc3[nH]2)n[nH]/c1=C/C)c1cncc(CC2CCCCC2)c1. The van der Waals surface area contributed by atoms with Crippen LogP contribution in [0, 0.1) is 5.92 Å². The van der Waals surface area contributed by atoms with E-state index in [-0.39, 0.29) is 0 Å². The number of aromatic nitrogens is 5. The van der Waals surface area contributed by atoms with Crippen molar-refractivity contribution in [3.05, 3.63) is 71.1 Å². The Labute approximate surface area is 188 Å². The molecule has 162 valence electrons. The summed E-state index contributed by atoms with van der Waals surface area (Å²) in [7, 11) is 0. The second-order valence-corrected chi connectivity index (χ2v) is 8.77. The number of hydrogen-bond donors (Lipinski definition) is 2. The van der Waals surface area contributed by atoms with Gasteiger partial charge >= 0.3 is 0 Å². The summed E-state index contributed by atoms with van der Waals surface area (Å²) in [6, 6.07) is 8.25. The number of allylic oxidation sites excluding steroid dienone is 1. The lowest BCUT2D eigenvalue weighted by molar-refractivity contribution is 0.356. The van der Waals surface area contributed by atoms with Gasteiger partial charge in [-0.05, 0) is 66.3 Å². The Bertz CT molecular complexity index is 1340. The van der Waals surface area contributed by atoms with Crippen LogP contribution in [0.25, 0.3) is 40.1 Å². The number of hydrogen-bond acceptors (Lipinski definition) is 3. The summed E-state index contributed by atoms with van der Waals surface area (Å²) in [5, 5.41) is 9.73. The van der Waals surface area contributed by atoms with Crippen molar-refractivity contribution in [2.24, 2.45) is 5.92 Å². The highest BCUT2D eigenvalue weighted by Gasteiger charge is 2.15. The Morgan fingerprint density at radius 3 is 2.88 bits per heavy atom. The van der Waals surface area contributed by atoms with Crippen LogP contribution in [0.4, 0.5) is 0 Å². The van der Waals surface area contributed by atoms with E-state index < -0.39 is 0 Å². The van der Waals surface area contributed by atoms with E-state index in [9.17, 15) is 0 Å². The molecule has 4 aromatic rings. The smallest absolute Gasteiger partial charge is 0.116 e. The van der Waals surface area contributed by atoms with Crippen molar-refractivity contribution in [3.8, 4) is 11.4 Å². The number of fused-ring (bicyclic) bond motifs is 1. The van der Waals surface area contributed by atoms with E-state index >= 15 is 0 Å². The van der Waals surface area contributed by atoms with Crippen LogP contribution in [0.5, 0.6) is 0 Å². The first-order chi connectivity index (χ1) is 15.7. The lowest BCUT2D eigenvalue weighted by atomic mass is 9.85. The zero-order chi connectivity index (χ0) is 21.9. The highest BCUT2D eigenvalue weighted by Crippen LogP contribution is 2.27. The first kappa shape index (κ1) is 20.4. The molecule has 0 atom stereocenters. The van der Waals surface area contributed by atoms with Crippen molar-refractivity contribution >= 4 is 28.8 Å². The Balaban J connectivity index is 1.49. The Morgan fingerprint density at radius 2 is 2.06 bits per heavy atom. The molecule has 32 heavy (non-hydrogen) atoms. The number of rotatable bonds is 5. The van der Waals surface area contributed by atoms with Crippen LogP contribution in [0.15, 0.2) is 49.4 Å². The van der Waals surface area contributed by atoms with Crippen LogP contribution in [0.3, 0.4) is 0 Å². The minimum absolute atomic E-state index is 0.787. The van der Waals surface area contributed by atoms with Gasteiger partial charge in [-0.15, -0.1) is 0 Å². The fourth-order valence-electron chi connectivity index (χ4n) is 4.78. The van der Waals surface area contributed by atoms with Crippen molar-refractivity contribution in [3.63, 3.8) is 0 Å². The number of nitrogens with zero attached hydrogens (tertiary/aromatic N) is 3. The van der Waals surface area contributed by atoms with Crippen LogP contribution in [-0.2, 0) is 6.42 Å². The lowest BCUT2D eigenvalue weighted by Gasteiger charge is -2.21. The van der Waals surface area contributed by atoms with Crippen molar-refractivity contribution in [2.45, 2.75) is 45.4 Å². The molecule has 5 heteroatoms. The van der Waals surface area contributed by atoms with Gasteiger partial charge in [-0.2, -0.15) is 5.10 Å². The largest absolute Gasteiger partial charge is 0.352 e. The monoisotopic (exact) mass is 423 g/mol. The van der Waals surface area contributed by atoms with E-state index in [1.54, 1.807) is 6.20 Å². The molecule has 0 radical (unpaired) electrons. The van der Waals surface area contributed by atoms with E-state index in [2.05, 4.69) is 43.9 Å². The minimum Gasteiger partial charge on any atom is -0.352 e. The summed E-state index contributed by atoms with van der Waals surface area (Å²) in [4.78, 5) is 12.4. The quantitative estimate of drug-likeness (QED) is 0.486. The molecule has 0 spiro atoms. The fraction of sp³-hybridized carbons (Fsp3) is 0.296. The number of nitrogens with one attached hydrogen (secondary N) is 2. The minimum atomic E-state index is 0.787. The maximum Gasteiger partial charge on any atom is 0.116 e. The Kier molecular flexibility index (Phi) is 5.71. The number of pyridine rings is 2. The maximum atomic E-state index is 4.59. The van der Waals surface area contributed by atoms with E-state index in [0.29, 0.717) is 0 Å². The van der Waals surface area contributed by atoms with Gasteiger partial charge in [0.2, 0.25) is 0 Å². The molecule has 1 aliphatic carbocycles. The number of aromatic amines is 2. The second-order valence-electron chi connectivity index (χ2n) is 8.77. The summed E-state index contributed by atoms with van der Waals surface area (Å²) >= 11 is 0. The van der Waals surface area contributed by atoms with Crippen LogP contribution >= 0.6 is 0 Å². The van der Waals surface area contributed by atoms with Crippen molar-refractivity contribution in [2.75, 3.05) is 0 Å². The molecule has 1 saturated carbocycles. The lowest BCUT2D eigenvalue weighted by Crippen LogP contribution is -2.23. The molecule has 2 N–H and O–H groups in total. The molecule has 0 aliphatic heterocycles. The standard InChI is InChI=1S/C27H29N5/c1-3-23-22(27(32-31-23)26-15-25-24(30-26)10-7-11-29-25)12-18(2)21-14-20(16-28-17-21)13-19-8-5-4-6-9-19/h3,7,10-12,14-17,19,30-31H,2,4-6,8-9,13H2,1H3/b22-12+,23-3+. The summed E-state index contributed by atoms with van der Waals surface area (Å²) in [5.41, 5.74) is 7.03. The normalized spacial score (nSPS) is 16.2. The molecule has 1 fully saturated rings. The van der Waals surface area contributed by atoms with Crippen molar-refractivity contribution < 1.29 is 0 Å². The Morgan fingerprint density at radius 1 is 1.19 bits per heavy atom.